The van der Waals surface area contributed by atoms with Crippen molar-refractivity contribution in [1.29, 1.82) is 0 Å². The lowest BCUT2D eigenvalue weighted by atomic mass is 10.00. The molecular formula is C16H18Cl2N2O2. The van der Waals surface area contributed by atoms with Crippen LogP contribution in [0.4, 0.5) is 11.4 Å². The fourth-order valence-corrected chi connectivity index (χ4v) is 2.52. The molecule has 0 bridgehead atoms. The summed E-state index contributed by atoms with van der Waals surface area (Å²) in [5, 5.41) is 7.12. The Kier molecular flexibility index (Phi) is 4.83. The van der Waals surface area contributed by atoms with E-state index in [1.807, 2.05) is 20.8 Å². The van der Waals surface area contributed by atoms with Gasteiger partial charge in [0.2, 0.25) is 0 Å². The molecule has 2 rings (SSSR count). The fraction of sp³-hybridized carbons (Fsp3) is 0.375. The van der Waals surface area contributed by atoms with Gasteiger partial charge in [0.1, 0.15) is 11.4 Å². The molecule has 2 aromatic carbocycles. The van der Waals surface area contributed by atoms with E-state index in [4.69, 9.17) is 23.2 Å². The van der Waals surface area contributed by atoms with E-state index in [2.05, 4.69) is 10.6 Å². The van der Waals surface area contributed by atoms with Gasteiger partial charge in [-0.3, -0.25) is 9.59 Å². The summed E-state index contributed by atoms with van der Waals surface area (Å²) in [6.45, 7) is 6.23. The molecular weight excluding hydrogens is 323 g/mol. The van der Waals surface area contributed by atoms with E-state index in [1.54, 1.807) is 18.2 Å². The second-order valence-electron chi connectivity index (χ2n) is 5.82. The van der Waals surface area contributed by atoms with Crippen molar-refractivity contribution in [2.75, 3.05) is 10.6 Å². The molecule has 0 spiro atoms. The summed E-state index contributed by atoms with van der Waals surface area (Å²) in [6.07, 6.45) is 0.821. The lowest BCUT2D eigenvalue weighted by Crippen LogP contribution is -2.42. The van der Waals surface area contributed by atoms with Crippen LogP contribution in [0.5, 0.6) is 0 Å². The average Bonchev–Trinajstić information content (AvgIpc) is 2.48. The second kappa shape index (κ2) is 6.31. The van der Waals surface area contributed by atoms with Crippen molar-refractivity contribution in [3.05, 3.63) is 54.3 Å². The van der Waals surface area contributed by atoms with E-state index in [0.717, 1.165) is 6.42 Å². The van der Waals surface area contributed by atoms with Gasteiger partial charge in [-0.25, -0.2) is 0 Å². The van der Waals surface area contributed by atoms with Crippen LogP contribution in [0, 0.1) is 0 Å². The predicted octanol–water partition coefficient (Wildman–Crippen LogP) is 3.80. The van der Waals surface area contributed by atoms with Gasteiger partial charge in [0.05, 0.1) is 0 Å². The minimum Gasteiger partial charge on any atom is -0.376 e. The van der Waals surface area contributed by atoms with Gasteiger partial charge in [0.25, 0.3) is 10.9 Å². The maximum absolute atomic E-state index is 11.8. The molecule has 6 heteroatoms. The molecule has 4 nitrogen and oxygen atoms in total. The van der Waals surface area contributed by atoms with Crippen molar-refractivity contribution in [2.45, 2.75) is 39.3 Å². The smallest absolute Gasteiger partial charge is 0.253 e. The predicted molar refractivity (Wildman–Crippen MR) is 93.1 cm³/mol. The molecule has 0 saturated carbocycles. The minimum absolute atomic E-state index is 0.263. The van der Waals surface area contributed by atoms with Crippen LogP contribution in [-0.2, 0) is 6.54 Å². The molecule has 0 aliphatic rings. The maximum atomic E-state index is 11.8. The largest absolute Gasteiger partial charge is 0.376 e. The number of benzene rings is 1. The van der Waals surface area contributed by atoms with E-state index >= 15 is 0 Å². The number of hydrogen-bond donors (Lipinski definition) is 2. The standard InChI is InChI=1S/C16H18Cl2N2O2/c1-4-16(2,3)20-13-12(14(21)15(13)22)19-8-9-10(17)6-5-7-11(9)18/h5-7,19-20H,4,8H2,1-3H3. The zero-order valence-corrected chi connectivity index (χ0v) is 14.2. The van der Waals surface area contributed by atoms with Gasteiger partial charge in [0.15, 0.2) is 0 Å². The first-order chi connectivity index (χ1) is 10.3. The second-order valence-corrected chi connectivity index (χ2v) is 6.64. The highest BCUT2D eigenvalue weighted by atomic mass is 35.5. The van der Waals surface area contributed by atoms with Gasteiger partial charge in [-0.1, -0.05) is 36.2 Å². The highest BCUT2D eigenvalue weighted by Gasteiger charge is 2.26. The van der Waals surface area contributed by atoms with Crippen LogP contribution in [-0.4, -0.2) is 5.54 Å². The normalized spacial score (nSPS) is 11.7. The summed E-state index contributed by atoms with van der Waals surface area (Å²) < 4.78 is 0. The molecule has 0 heterocycles. The first kappa shape index (κ1) is 16.8. The summed E-state index contributed by atoms with van der Waals surface area (Å²) in [6, 6.07) is 5.21. The number of rotatable bonds is 6. The zero-order chi connectivity index (χ0) is 16.5. The van der Waals surface area contributed by atoms with E-state index < -0.39 is 10.9 Å². The molecule has 22 heavy (non-hydrogen) atoms. The lowest BCUT2D eigenvalue weighted by molar-refractivity contribution is 0.546. The third kappa shape index (κ3) is 3.28. The third-order valence-corrected chi connectivity index (χ3v) is 4.47. The molecule has 2 N–H and O–H groups in total. The molecule has 2 aromatic rings. The van der Waals surface area contributed by atoms with Crippen molar-refractivity contribution in [3.63, 3.8) is 0 Å². The Morgan fingerprint density at radius 1 is 1.05 bits per heavy atom. The van der Waals surface area contributed by atoms with Gasteiger partial charge < -0.3 is 10.6 Å². The molecule has 0 radical (unpaired) electrons. The Labute approximate surface area is 139 Å². The molecule has 0 atom stereocenters. The van der Waals surface area contributed by atoms with Crippen molar-refractivity contribution >= 4 is 34.6 Å². The van der Waals surface area contributed by atoms with E-state index in [1.165, 1.54) is 0 Å². The highest BCUT2D eigenvalue weighted by Crippen LogP contribution is 2.27. The van der Waals surface area contributed by atoms with Gasteiger partial charge in [-0.2, -0.15) is 0 Å². The van der Waals surface area contributed by atoms with Crippen LogP contribution < -0.4 is 21.5 Å². The quantitative estimate of drug-likeness (QED) is 0.785. The molecule has 0 saturated heterocycles. The number of anilines is 2. The average molecular weight is 341 g/mol. The fourth-order valence-electron chi connectivity index (χ4n) is 1.98. The zero-order valence-electron chi connectivity index (χ0n) is 12.7. The Balaban J connectivity index is 2.20. The monoisotopic (exact) mass is 340 g/mol. The first-order valence-electron chi connectivity index (χ1n) is 7.05. The Hall–Kier alpha value is -1.52. The molecule has 0 unspecified atom stereocenters. The number of halogens is 2. The highest BCUT2D eigenvalue weighted by molar-refractivity contribution is 6.36. The molecule has 0 aromatic heterocycles. The molecule has 0 amide bonds. The maximum Gasteiger partial charge on any atom is 0.253 e. The molecule has 0 aliphatic heterocycles. The van der Waals surface area contributed by atoms with Crippen molar-refractivity contribution in [2.24, 2.45) is 0 Å². The Morgan fingerprint density at radius 2 is 1.59 bits per heavy atom. The molecule has 0 aliphatic carbocycles. The number of hydrogen-bond acceptors (Lipinski definition) is 4. The van der Waals surface area contributed by atoms with Crippen LogP contribution in [0.3, 0.4) is 0 Å². The van der Waals surface area contributed by atoms with Gasteiger partial charge in [0, 0.05) is 27.7 Å². The van der Waals surface area contributed by atoms with Gasteiger partial charge in [-0.15, -0.1) is 0 Å². The summed E-state index contributed by atoms with van der Waals surface area (Å²) >= 11 is 12.2. The van der Waals surface area contributed by atoms with Gasteiger partial charge in [-0.05, 0) is 32.4 Å². The summed E-state index contributed by atoms with van der Waals surface area (Å²) in [5.74, 6) is 0. The van der Waals surface area contributed by atoms with Crippen LogP contribution in [0.25, 0.3) is 0 Å². The van der Waals surface area contributed by atoms with E-state index in [0.29, 0.717) is 27.0 Å². The lowest BCUT2D eigenvalue weighted by Gasteiger charge is -2.28. The third-order valence-electron chi connectivity index (χ3n) is 3.76. The summed E-state index contributed by atoms with van der Waals surface area (Å²) in [5.41, 5.74) is 0.0506. The van der Waals surface area contributed by atoms with Crippen LogP contribution in [0.2, 0.25) is 10.0 Å². The van der Waals surface area contributed by atoms with Gasteiger partial charge >= 0.3 is 0 Å². The van der Waals surface area contributed by atoms with Crippen molar-refractivity contribution in [3.8, 4) is 0 Å². The van der Waals surface area contributed by atoms with Crippen LogP contribution >= 0.6 is 23.2 Å². The summed E-state index contributed by atoms with van der Waals surface area (Å²) in [4.78, 5) is 23.5. The van der Waals surface area contributed by atoms with E-state index in [9.17, 15) is 9.59 Å². The SMILES string of the molecule is CCC(C)(C)Nc1c(NCc2c(Cl)cccc2Cl)c(=O)c1=O. The topological polar surface area (TPSA) is 58.2 Å². The van der Waals surface area contributed by atoms with E-state index in [-0.39, 0.29) is 12.1 Å². The number of nitrogens with one attached hydrogen (secondary N) is 2. The molecule has 118 valence electrons. The van der Waals surface area contributed by atoms with Crippen LogP contribution in [0.1, 0.15) is 32.8 Å². The Morgan fingerprint density at radius 3 is 2.14 bits per heavy atom. The first-order valence-corrected chi connectivity index (χ1v) is 7.80. The minimum atomic E-state index is -0.516. The van der Waals surface area contributed by atoms with Crippen molar-refractivity contribution < 1.29 is 0 Å². The summed E-state index contributed by atoms with van der Waals surface area (Å²) in [7, 11) is 0. The molecule has 0 fully saturated rings. The van der Waals surface area contributed by atoms with Crippen LogP contribution in [0.15, 0.2) is 27.8 Å². The van der Waals surface area contributed by atoms with Crippen molar-refractivity contribution in [1.82, 2.24) is 0 Å². The Bertz CT molecular complexity index is 742.